The summed E-state index contributed by atoms with van der Waals surface area (Å²) in [6, 6.07) is 10.3. The normalized spacial score (nSPS) is 15.3. The molecular weight excluding hydrogens is 409 g/mol. The van der Waals surface area contributed by atoms with E-state index in [1.807, 2.05) is 6.07 Å². The second kappa shape index (κ2) is 7.73. The van der Waals surface area contributed by atoms with Crippen LogP contribution >= 0.6 is 11.6 Å². The van der Waals surface area contributed by atoms with Gasteiger partial charge < -0.3 is 5.11 Å². The van der Waals surface area contributed by atoms with E-state index in [1.54, 1.807) is 12.1 Å². The number of nitrogens with one attached hydrogen (secondary N) is 1. The Bertz CT molecular complexity index is 1230. The average molecular weight is 424 g/mol. The van der Waals surface area contributed by atoms with Gasteiger partial charge in [-0.05, 0) is 49.6 Å². The Morgan fingerprint density at radius 2 is 2.10 bits per heavy atom. The summed E-state index contributed by atoms with van der Waals surface area (Å²) in [4.78, 5) is 24.5. The van der Waals surface area contributed by atoms with E-state index in [1.165, 1.54) is 18.2 Å². The minimum atomic E-state index is -1.24. The van der Waals surface area contributed by atoms with E-state index in [0.717, 1.165) is 18.2 Å². The Morgan fingerprint density at radius 1 is 1.30 bits per heavy atom. The molecular formula is C22H15ClFN3O3. The van der Waals surface area contributed by atoms with Crippen LogP contribution in [0.1, 0.15) is 56.3 Å². The molecule has 6 nitrogen and oxygen atoms in total. The van der Waals surface area contributed by atoms with Crippen molar-refractivity contribution in [3.8, 4) is 17.3 Å². The number of ketones is 1. The number of benzene rings is 2. The lowest BCUT2D eigenvalue weighted by Crippen LogP contribution is -2.20. The number of carboxylic acid groups (broad SMARTS) is 1. The third-order valence-electron chi connectivity index (χ3n) is 5.32. The highest BCUT2D eigenvalue weighted by Crippen LogP contribution is 2.41. The van der Waals surface area contributed by atoms with Gasteiger partial charge in [0.1, 0.15) is 5.82 Å². The van der Waals surface area contributed by atoms with E-state index >= 15 is 0 Å². The van der Waals surface area contributed by atoms with Gasteiger partial charge in [-0.15, -0.1) is 0 Å². The van der Waals surface area contributed by atoms with Crippen LogP contribution in [-0.4, -0.2) is 27.1 Å². The maximum Gasteiger partial charge on any atom is 0.335 e. The fraction of sp³-hybridized carbons (Fsp3) is 0.182. The predicted octanol–water partition coefficient (Wildman–Crippen LogP) is 4.74. The summed E-state index contributed by atoms with van der Waals surface area (Å²) in [5.41, 5.74) is 1.82. The summed E-state index contributed by atoms with van der Waals surface area (Å²) in [7, 11) is 0. The van der Waals surface area contributed by atoms with Crippen molar-refractivity contribution in [2.75, 3.05) is 0 Å². The van der Waals surface area contributed by atoms with E-state index < -0.39 is 17.7 Å². The van der Waals surface area contributed by atoms with E-state index in [9.17, 15) is 19.2 Å². The highest BCUT2D eigenvalue weighted by molar-refractivity contribution is 6.34. The van der Waals surface area contributed by atoms with Gasteiger partial charge in [0.2, 0.25) is 0 Å². The number of carbonyl (C=O) groups is 2. The molecule has 0 saturated heterocycles. The molecule has 0 radical (unpaired) electrons. The zero-order chi connectivity index (χ0) is 21.4. The van der Waals surface area contributed by atoms with Crippen molar-refractivity contribution >= 4 is 23.4 Å². The molecule has 0 spiro atoms. The van der Waals surface area contributed by atoms with Crippen molar-refractivity contribution in [3.05, 3.63) is 75.2 Å². The molecule has 2 aromatic carbocycles. The van der Waals surface area contributed by atoms with Crippen molar-refractivity contribution in [1.29, 1.82) is 5.26 Å². The smallest absolute Gasteiger partial charge is 0.335 e. The van der Waals surface area contributed by atoms with Crippen molar-refractivity contribution in [3.63, 3.8) is 0 Å². The van der Waals surface area contributed by atoms with E-state index in [2.05, 4.69) is 10.2 Å². The van der Waals surface area contributed by atoms with Crippen LogP contribution in [0.25, 0.3) is 11.3 Å². The lowest BCUT2D eigenvalue weighted by molar-refractivity contribution is 0.0696. The van der Waals surface area contributed by atoms with Crippen LogP contribution in [0.4, 0.5) is 4.39 Å². The first-order valence-electron chi connectivity index (χ1n) is 9.25. The summed E-state index contributed by atoms with van der Waals surface area (Å²) in [6.45, 7) is 0. The van der Waals surface area contributed by atoms with Crippen molar-refractivity contribution in [1.82, 2.24) is 10.2 Å². The average Bonchev–Trinajstić information content (AvgIpc) is 3.17. The number of hydrogen-bond donors (Lipinski definition) is 2. The molecule has 1 aliphatic rings. The van der Waals surface area contributed by atoms with Gasteiger partial charge in [-0.1, -0.05) is 17.7 Å². The molecule has 8 heteroatoms. The Labute approximate surface area is 175 Å². The van der Waals surface area contributed by atoms with Gasteiger partial charge in [0.25, 0.3) is 0 Å². The largest absolute Gasteiger partial charge is 0.478 e. The Balaban J connectivity index is 1.84. The molecule has 0 amide bonds. The summed E-state index contributed by atoms with van der Waals surface area (Å²) >= 11 is 6.24. The fourth-order valence-electron chi connectivity index (χ4n) is 3.93. The molecule has 1 aromatic heterocycles. The molecule has 2 N–H and O–H groups in total. The molecule has 1 heterocycles. The topological polar surface area (TPSA) is 107 Å². The number of aryl methyl sites for hydroxylation is 1. The number of hydrogen-bond acceptors (Lipinski definition) is 4. The zero-order valence-corrected chi connectivity index (χ0v) is 16.3. The van der Waals surface area contributed by atoms with Crippen LogP contribution in [0, 0.1) is 17.1 Å². The van der Waals surface area contributed by atoms with Crippen LogP contribution < -0.4 is 0 Å². The molecule has 1 unspecified atom stereocenters. The quantitative estimate of drug-likeness (QED) is 0.589. The third kappa shape index (κ3) is 3.25. The van der Waals surface area contributed by atoms with Crippen LogP contribution in [0.2, 0.25) is 5.02 Å². The van der Waals surface area contributed by atoms with Crippen molar-refractivity contribution in [2.24, 2.45) is 0 Å². The van der Waals surface area contributed by atoms with Crippen LogP contribution in [0.5, 0.6) is 0 Å². The van der Waals surface area contributed by atoms with Crippen molar-refractivity contribution in [2.45, 2.75) is 25.2 Å². The molecule has 1 atom stereocenters. The number of nitriles is 1. The lowest BCUT2D eigenvalue weighted by atomic mass is 9.79. The number of carbonyl (C=O) groups excluding carboxylic acids is 1. The number of halogens is 2. The number of aromatic carboxylic acids is 1. The molecule has 0 fully saturated rings. The van der Waals surface area contributed by atoms with Crippen LogP contribution in [-0.2, 0) is 6.42 Å². The van der Waals surface area contributed by atoms with Crippen LogP contribution in [0.3, 0.4) is 0 Å². The van der Waals surface area contributed by atoms with Gasteiger partial charge in [0.15, 0.2) is 5.78 Å². The molecule has 150 valence electrons. The standard InChI is InChI=1S/C22H15ClFN3O3/c23-15-5-1-3-12(10-25)18(15)21(28)14-4-2-6-17-19(14)20(27-26-17)13-8-7-11(22(29)30)9-16(13)24/h1,3,5,7-9,14H,2,4,6H2,(H,26,27)(H,29,30). The van der Waals surface area contributed by atoms with Gasteiger partial charge in [0, 0.05) is 16.8 Å². The molecule has 0 aliphatic heterocycles. The van der Waals surface area contributed by atoms with Gasteiger partial charge >= 0.3 is 5.97 Å². The number of nitrogens with zero attached hydrogens (tertiary/aromatic N) is 2. The number of Topliss-reactive ketones (excluding diaryl/α,β-unsaturated/α-hetero) is 1. The van der Waals surface area contributed by atoms with Gasteiger partial charge in [-0.25, -0.2) is 9.18 Å². The summed E-state index contributed by atoms with van der Waals surface area (Å²) in [5.74, 6) is -2.94. The Hall–Kier alpha value is -3.50. The second-order valence-electron chi connectivity index (χ2n) is 7.05. The first-order chi connectivity index (χ1) is 14.4. The maximum absolute atomic E-state index is 14.7. The highest BCUT2D eigenvalue weighted by atomic mass is 35.5. The lowest BCUT2D eigenvalue weighted by Gasteiger charge is -2.23. The first kappa shape index (κ1) is 19.8. The monoisotopic (exact) mass is 423 g/mol. The first-order valence-corrected chi connectivity index (χ1v) is 9.63. The zero-order valence-electron chi connectivity index (χ0n) is 15.6. The Kier molecular flexibility index (Phi) is 5.10. The summed E-state index contributed by atoms with van der Waals surface area (Å²) < 4.78 is 14.7. The predicted molar refractivity (Wildman–Crippen MR) is 107 cm³/mol. The fourth-order valence-corrected chi connectivity index (χ4v) is 4.20. The van der Waals surface area contributed by atoms with E-state index in [-0.39, 0.29) is 38.8 Å². The number of aromatic nitrogens is 2. The molecule has 30 heavy (non-hydrogen) atoms. The summed E-state index contributed by atoms with van der Waals surface area (Å²) in [6.07, 6.45) is 1.87. The van der Waals surface area contributed by atoms with Crippen LogP contribution in [0.15, 0.2) is 36.4 Å². The number of H-pyrrole nitrogens is 1. The number of aromatic amines is 1. The van der Waals surface area contributed by atoms with Gasteiger partial charge in [-0.2, -0.15) is 10.4 Å². The molecule has 0 bridgehead atoms. The number of fused-ring (bicyclic) bond motifs is 1. The van der Waals surface area contributed by atoms with E-state index in [0.29, 0.717) is 18.4 Å². The maximum atomic E-state index is 14.7. The number of rotatable bonds is 4. The molecule has 1 aliphatic carbocycles. The minimum Gasteiger partial charge on any atom is -0.478 e. The Morgan fingerprint density at radius 3 is 2.80 bits per heavy atom. The van der Waals surface area contributed by atoms with Gasteiger partial charge in [0.05, 0.1) is 39.4 Å². The third-order valence-corrected chi connectivity index (χ3v) is 5.63. The van der Waals surface area contributed by atoms with Gasteiger partial charge in [-0.3, -0.25) is 9.89 Å². The molecule has 4 rings (SSSR count). The molecule has 0 saturated carbocycles. The number of carboxylic acids is 1. The highest BCUT2D eigenvalue weighted by Gasteiger charge is 2.34. The minimum absolute atomic E-state index is 0.108. The van der Waals surface area contributed by atoms with E-state index in [4.69, 9.17) is 16.7 Å². The summed E-state index contributed by atoms with van der Waals surface area (Å²) in [5, 5.41) is 25.8. The molecule has 3 aromatic rings. The SMILES string of the molecule is N#Cc1cccc(Cl)c1C(=O)C1CCCc2[nH]nc(-c3ccc(C(=O)O)cc3F)c21. The second-order valence-corrected chi connectivity index (χ2v) is 7.45. The van der Waals surface area contributed by atoms with Crippen molar-refractivity contribution < 1.29 is 19.1 Å².